The smallest absolute Gasteiger partial charge is 0.253 e. The van der Waals surface area contributed by atoms with Crippen LogP contribution in [0.5, 0.6) is 5.75 Å². The molecule has 1 aromatic carbocycles. The highest BCUT2D eigenvalue weighted by atomic mass is 35.5. The molecule has 0 atom stereocenters. The van der Waals surface area contributed by atoms with Gasteiger partial charge >= 0.3 is 0 Å². The Labute approximate surface area is 136 Å². The van der Waals surface area contributed by atoms with Crippen LogP contribution < -0.4 is 15.8 Å². The van der Waals surface area contributed by atoms with Crippen LogP contribution in [0.1, 0.15) is 29.9 Å². The fourth-order valence-corrected chi connectivity index (χ4v) is 2.00. The zero-order chi connectivity index (χ0) is 15.6. The number of rotatable bonds is 4. The number of hydrogen-bond acceptors (Lipinski definition) is 4. The molecule has 0 aliphatic rings. The topological polar surface area (TPSA) is 77.2 Å². The molecule has 0 aliphatic heterocycles. The number of aromatic nitrogens is 1. The van der Waals surface area contributed by atoms with Gasteiger partial charge in [0.2, 0.25) is 0 Å². The van der Waals surface area contributed by atoms with Crippen LogP contribution in [0.25, 0.3) is 10.9 Å². The van der Waals surface area contributed by atoms with Crippen molar-refractivity contribution < 1.29 is 9.53 Å². The summed E-state index contributed by atoms with van der Waals surface area (Å²) in [6, 6.07) is 7.44. The van der Waals surface area contributed by atoms with E-state index in [1.165, 1.54) is 0 Å². The van der Waals surface area contributed by atoms with E-state index in [-0.39, 0.29) is 18.3 Å². The number of fused-ring (bicyclic) bond motifs is 1. The van der Waals surface area contributed by atoms with Crippen molar-refractivity contribution in [3.63, 3.8) is 0 Å². The molecule has 1 heterocycles. The Hall–Kier alpha value is -1.85. The number of benzene rings is 1. The van der Waals surface area contributed by atoms with Crippen molar-refractivity contribution in [3.8, 4) is 5.75 Å². The van der Waals surface area contributed by atoms with E-state index in [9.17, 15) is 4.79 Å². The van der Waals surface area contributed by atoms with Gasteiger partial charge in [0.15, 0.2) is 0 Å². The molecule has 3 N–H and O–H groups in total. The van der Waals surface area contributed by atoms with Crippen LogP contribution in [0.15, 0.2) is 24.3 Å². The van der Waals surface area contributed by atoms with Gasteiger partial charge in [-0.05, 0) is 39.0 Å². The van der Waals surface area contributed by atoms with Crippen molar-refractivity contribution in [2.75, 3.05) is 13.7 Å². The number of nitrogens with two attached hydrogens (primary N) is 1. The monoisotopic (exact) mass is 323 g/mol. The molecule has 0 fully saturated rings. The molecule has 2 aromatic rings. The quantitative estimate of drug-likeness (QED) is 0.906. The Balaban J connectivity index is 0.00000242. The van der Waals surface area contributed by atoms with Gasteiger partial charge in [-0.15, -0.1) is 12.4 Å². The van der Waals surface area contributed by atoms with Crippen LogP contribution in [-0.2, 0) is 0 Å². The second-order valence-corrected chi connectivity index (χ2v) is 5.85. The highest BCUT2D eigenvalue weighted by Crippen LogP contribution is 2.21. The van der Waals surface area contributed by atoms with E-state index in [0.29, 0.717) is 17.8 Å². The summed E-state index contributed by atoms with van der Waals surface area (Å²) in [5, 5.41) is 3.74. The van der Waals surface area contributed by atoms with Crippen molar-refractivity contribution in [2.24, 2.45) is 5.73 Å². The third-order valence-electron chi connectivity index (χ3n) is 3.16. The first-order valence-corrected chi connectivity index (χ1v) is 6.82. The Morgan fingerprint density at radius 2 is 2.05 bits per heavy atom. The maximum Gasteiger partial charge on any atom is 0.253 e. The van der Waals surface area contributed by atoms with Crippen LogP contribution in [0.4, 0.5) is 0 Å². The summed E-state index contributed by atoms with van der Waals surface area (Å²) < 4.78 is 5.18. The van der Waals surface area contributed by atoms with Gasteiger partial charge in [0, 0.05) is 23.5 Å². The molecular weight excluding hydrogens is 302 g/mol. The summed E-state index contributed by atoms with van der Waals surface area (Å²) in [6.07, 6.45) is 0. The summed E-state index contributed by atoms with van der Waals surface area (Å²) in [6.45, 7) is 5.96. The Morgan fingerprint density at radius 1 is 1.36 bits per heavy atom. The standard InChI is InChI=1S/C16H21N3O2.ClH/c1-10-13(15(20)18-9-16(2,3)17)7-11-5-6-12(21-4)8-14(11)19-10;/h5-8H,9,17H2,1-4H3,(H,18,20);1H. The molecule has 1 amide bonds. The van der Waals surface area contributed by atoms with E-state index < -0.39 is 5.54 Å². The molecule has 0 unspecified atom stereocenters. The molecular formula is C16H22ClN3O2. The Morgan fingerprint density at radius 3 is 2.64 bits per heavy atom. The molecule has 120 valence electrons. The van der Waals surface area contributed by atoms with Crippen molar-refractivity contribution in [1.29, 1.82) is 0 Å². The first-order chi connectivity index (χ1) is 9.80. The fourth-order valence-electron chi connectivity index (χ4n) is 2.00. The lowest BCUT2D eigenvalue weighted by molar-refractivity contribution is 0.0945. The van der Waals surface area contributed by atoms with Gasteiger partial charge in [-0.3, -0.25) is 9.78 Å². The first kappa shape index (κ1) is 18.2. The van der Waals surface area contributed by atoms with Crippen molar-refractivity contribution >= 4 is 29.2 Å². The average Bonchev–Trinajstić information content (AvgIpc) is 2.42. The Kier molecular flexibility index (Phi) is 5.74. The van der Waals surface area contributed by atoms with Gasteiger partial charge in [0.05, 0.1) is 23.9 Å². The minimum Gasteiger partial charge on any atom is -0.497 e. The summed E-state index contributed by atoms with van der Waals surface area (Å²) in [5.41, 5.74) is 7.49. The lowest BCUT2D eigenvalue weighted by atomic mass is 10.1. The van der Waals surface area contributed by atoms with E-state index in [1.807, 2.05) is 45.0 Å². The number of amides is 1. The second-order valence-electron chi connectivity index (χ2n) is 5.85. The lowest BCUT2D eigenvalue weighted by Crippen LogP contribution is -2.45. The maximum atomic E-state index is 12.2. The molecule has 0 saturated heterocycles. The molecule has 22 heavy (non-hydrogen) atoms. The third kappa shape index (κ3) is 4.32. The molecule has 0 saturated carbocycles. The summed E-state index contributed by atoms with van der Waals surface area (Å²) >= 11 is 0. The number of hydrogen-bond donors (Lipinski definition) is 2. The lowest BCUT2D eigenvalue weighted by Gasteiger charge is -2.19. The SMILES string of the molecule is COc1ccc2cc(C(=O)NCC(C)(C)N)c(C)nc2c1.Cl. The van der Waals surface area contributed by atoms with Gasteiger partial charge in [-0.25, -0.2) is 0 Å². The van der Waals surface area contributed by atoms with Crippen molar-refractivity contribution in [1.82, 2.24) is 10.3 Å². The Bertz CT molecular complexity index is 681. The summed E-state index contributed by atoms with van der Waals surface area (Å²) in [5.74, 6) is 0.590. The molecule has 0 aliphatic carbocycles. The number of halogens is 1. The highest BCUT2D eigenvalue weighted by molar-refractivity contribution is 5.98. The number of nitrogens with one attached hydrogen (secondary N) is 1. The predicted molar refractivity (Wildman–Crippen MR) is 90.9 cm³/mol. The van der Waals surface area contributed by atoms with E-state index in [1.54, 1.807) is 7.11 Å². The second kappa shape index (κ2) is 6.94. The van der Waals surface area contributed by atoms with E-state index in [2.05, 4.69) is 10.3 Å². The number of methoxy groups -OCH3 is 1. The fraction of sp³-hybridized carbons (Fsp3) is 0.375. The maximum absolute atomic E-state index is 12.2. The van der Waals surface area contributed by atoms with Gasteiger partial charge < -0.3 is 15.8 Å². The molecule has 0 bridgehead atoms. The molecule has 0 spiro atoms. The van der Waals surface area contributed by atoms with Crippen LogP contribution in [-0.4, -0.2) is 30.1 Å². The van der Waals surface area contributed by atoms with Crippen molar-refractivity contribution in [3.05, 3.63) is 35.5 Å². The number of aryl methyl sites for hydroxylation is 1. The minimum atomic E-state index is -0.443. The number of nitrogens with zero attached hydrogens (tertiary/aromatic N) is 1. The number of carbonyl (C=O) groups is 1. The zero-order valence-corrected chi connectivity index (χ0v) is 14.1. The van der Waals surface area contributed by atoms with Crippen LogP contribution in [0.3, 0.4) is 0 Å². The summed E-state index contributed by atoms with van der Waals surface area (Å²) in [4.78, 5) is 16.7. The number of carbonyl (C=O) groups excluding carboxylic acids is 1. The van der Waals surface area contributed by atoms with Crippen LogP contribution >= 0.6 is 12.4 Å². The number of ether oxygens (including phenoxy) is 1. The van der Waals surface area contributed by atoms with Gasteiger partial charge in [0.25, 0.3) is 5.91 Å². The van der Waals surface area contributed by atoms with Crippen LogP contribution in [0.2, 0.25) is 0 Å². The zero-order valence-electron chi connectivity index (χ0n) is 13.3. The van der Waals surface area contributed by atoms with Crippen molar-refractivity contribution in [2.45, 2.75) is 26.3 Å². The molecule has 2 rings (SSSR count). The normalized spacial score (nSPS) is 11.0. The van der Waals surface area contributed by atoms with E-state index in [4.69, 9.17) is 10.5 Å². The average molecular weight is 324 g/mol. The summed E-state index contributed by atoms with van der Waals surface area (Å²) in [7, 11) is 1.62. The van der Waals surface area contributed by atoms with Crippen LogP contribution in [0, 0.1) is 6.92 Å². The van der Waals surface area contributed by atoms with Gasteiger partial charge in [0.1, 0.15) is 5.75 Å². The van der Waals surface area contributed by atoms with E-state index >= 15 is 0 Å². The molecule has 0 radical (unpaired) electrons. The molecule has 5 nitrogen and oxygen atoms in total. The number of pyridine rings is 1. The molecule has 1 aromatic heterocycles. The third-order valence-corrected chi connectivity index (χ3v) is 3.16. The van der Waals surface area contributed by atoms with E-state index in [0.717, 1.165) is 16.7 Å². The first-order valence-electron chi connectivity index (χ1n) is 6.82. The largest absolute Gasteiger partial charge is 0.497 e. The minimum absolute atomic E-state index is 0. The highest BCUT2D eigenvalue weighted by Gasteiger charge is 2.16. The van der Waals surface area contributed by atoms with Gasteiger partial charge in [-0.1, -0.05) is 0 Å². The molecule has 6 heteroatoms. The predicted octanol–water partition coefficient (Wildman–Crippen LogP) is 2.44. The van der Waals surface area contributed by atoms with Gasteiger partial charge in [-0.2, -0.15) is 0 Å².